The van der Waals surface area contributed by atoms with E-state index in [2.05, 4.69) is 12.6 Å². The molecule has 0 aliphatic heterocycles. The van der Waals surface area contributed by atoms with Crippen molar-refractivity contribution in [2.75, 3.05) is 11.2 Å². The Morgan fingerprint density at radius 1 is 1.08 bits per heavy atom. The molecule has 26 heavy (non-hydrogen) atoms. The molecule has 0 saturated carbocycles. The summed E-state index contributed by atoms with van der Waals surface area (Å²) in [5, 5.41) is 0.386. The molecule has 0 heterocycles. The number of imide groups is 1. The number of ether oxygens (including phenoxy) is 2. The van der Waals surface area contributed by atoms with Crippen LogP contribution < -0.4 is 4.90 Å². The fourth-order valence-electron chi connectivity index (χ4n) is 1.98. The minimum absolute atomic E-state index is 0.325. The molecule has 0 radical (unpaired) electrons. The summed E-state index contributed by atoms with van der Waals surface area (Å²) in [6, 6.07) is 3.25. The molecule has 146 valence electrons. The smallest absolute Gasteiger partial charge is 0.424 e. The van der Waals surface area contributed by atoms with Gasteiger partial charge in [0.1, 0.15) is 11.2 Å². The predicted octanol–water partition coefficient (Wildman–Crippen LogP) is 6.17. The third-order valence-electron chi connectivity index (χ3n) is 2.88. The number of carbonyl (C=O) groups excluding carboxylic acids is 2. The van der Waals surface area contributed by atoms with Gasteiger partial charge in [-0.1, -0.05) is 11.6 Å². The molecule has 8 heteroatoms. The van der Waals surface area contributed by atoms with Gasteiger partial charge >= 0.3 is 12.2 Å². The Morgan fingerprint density at radius 2 is 1.54 bits per heavy atom. The van der Waals surface area contributed by atoms with Crippen LogP contribution in [0.15, 0.2) is 17.0 Å². The molecular weight excluding hydrogens is 394 g/mol. The highest BCUT2D eigenvalue weighted by Crippen LogP contribution is 2.36. The fraction of sp³-hybridized carbons (Fsp3) is 0.556. The summed E-state index contributed by atoms with van der Waals surface area (Å²) in [7, 11) is 0. The maximum atomic E-state index is 12.8. The number of halogens is 1. The van der Waals surface area contributed by atoms with E-state index in [1.54, 1.807) is 53.7 Å². The Kier molecular flexibility index (Phi) is 7.74. The van der Waals surface area contributed by atoms with Crippen LogP contribution in [0, 0.1) is 0 Å². The van der Waals surface area contributed by atoms with E-state index in [4.69, 9.17) is 21.1 Å². The molecule has 0 aliphatic carbocycles. The van der Waals surface area contributed by atoms with Crippen molar-refractivity contribution in [1.29, 1.82) is 0 Å². The highest BCUT2D eigenvalue weighted by molar-refractivity contribution is 7.97. The molecule has 1 aromatic rings. The van der Waals surface area contributed by atoms with Gasteiger partial charge in [-0.25, -0.2) is 9.59 Å². The Hall–Kier alpha value is -1.05. The summed E-state index contributed by atoms with van der Waals surface area (Å²) >= 11 is 12.2. The first-order valence-electron chi connectivity index (χ1n) is 8.02. The number of hydrogen-bond acceptors (Lipinski definition) is 6. The third kappa shape index (κ3) is 6.59. The Morgan fingerprint density at radius 3 is 1.92 bits per heavy atom. The number of nitrogens with zero attached hydrogens (tertiary/aromatic N) is 1. The van der Waals surface area contributed by atoms with Gasteiger partial charge < -0.3 is 9.47 Å². The monoisotopic (exact) mass is 419 g/mol. The van der Waals surface area contributed by atoms with Gasteiger partial charge in [0.2, 0.25) is 0 Å². The summed E-state index contributed by atoms with van der Waals surface area (Å²) in [5.74, 6) is 0.491. The summed E-state index contributed by atoms with van der Waals surface area (Å²) in [6.07, 6.45) is 0.255. The highest BCUT2D eigenvalue weighted by atomic mass is 35.5. The van der Waals surface area contributed by atoms with Crippen molar-refractivity contribution in [1.82, 2.24) is 0 Å². The third-order valence-corrected chi connectivity index (χ3v) is 4.39. The minimum Gasteiger partial charge on any atom is -0.443 e. The van der Waals surface area contributed by atoms with Crippen LogP contribution in [0.2, 0.25) is 5.02 Å². The lowest BCUT2D eigenvalue weighted by molar-refractivity contribution is 0.0430. The first kappa shape index (κ1) is 23.0. The number of anilines is 1. The van der Waals surface area contributed by atoms with Crippen molar-refractivity contribution in [2.45, 2.75) is 63.4 Å². The molecule has 1 aromatic carbocycles. The standard InChI is InChI=1S/C18H26ClNO4S2/c1-17(2,3)23-15(21)20(16(22)24-18(4,5)6)12-8-9-13(25)14(19)11(12)10-26-7/h8-9,25H,10H2,1-7H3. The molecule has 0 aromatic heterocycles. The summed E-state index contributed by atoms with van der Waals surface area (Å²) < 4.78 is 10.8. The van der Waals surface area contributed by atoms with Crippen molar-refractivity contribution in [2.24, 2.45) is 0 Å². The fourth-order valence-corrected chi connectivity index (χ4v) is 3.07. The molecule has 0 N–H and O–H groups in total. The molecule has 0 fully saturated rings. The van der Waals surface area contributed by atoms with E-state index in [9.17, 15) is 9.59 Å². The Bertz CT molecular complexity index is 653. The van der Waals surface area contributed by atoms with E-state index in [1.807, 2.05) is 6.26 Å². The average molecular weight is 420 g/mol. The molecule has 2 amide bonds. The lowest BCUT2D eigenvalue weighted by Crippen LogP contribution is -2.44. The van der Waals surface area contributed by atoms with Crippen LogP contribution in [0.25, 0.3) is 0 Å². The van der Waals surface area contributed by atoms with Crippen LogP contribution in [0.4, 0.5) is 15.3 Å². The number of amides is 2. The zero-order chi connectivity index (χ0) is 20.3. The summed E-state index contributed by atoms with van der Waals surface area (Å²) in [4.78, 5) is 27.0. The Labute approximate surface area is 170 Å². The van der Waals surface area contributed by atoms with Crippen molar-refractivity contribution in [3.8, 4) is 0 Å². The second-order valence-corrected chi connectivity index (χ2v) is 9.35. The Balaban J connectivity index is 3.48. The van der Waals surface area contributed by atoms with E-state index in [-0.39, 0.29) is 0 Å². The first-order chi connectivity index (χ1) is 11.8. The molecule has 0 aliphatic rings. The van der Waals surface area contributed by atoms with Gasteiger partial charge in [0.05, 0.1) is 10.7 Å². The number of rotatable bonds is 3. The topological polar surface area (TPSA) is 55.8 Å². The SMILES string of the molecule is CSCc1c(N(C(=O)OC(C)(C)C)C(=O)OC(C)(C)C)ccc(S)c1Cl. The van der Waals surface area contributed by atoms with Crippen LogP contribution in [0.3, 0.4) is 0 Å². The van der Waals surface area contributed by atoms with Crippen LogP contribution in [-0.2, 0) is 15.2 Å². The van der Waals surface area contributed by atoms with Gasteiger partial charge in [0.15, 0.2) is 0 Å². The number of carbonyl (C=O) groups is 2. The van der Waals surface area contributed by atoms with E-state index in [1.165, 1.54) is 11.8 Å². The van der Waals surface area contributed by atoms with Crippen LogP contribution in [0.1, 0.15) is 47.1 Å². The molecular formula is C18H26ClNO4S2. The van der Waals surface area contributed by atoms with Gasteiger partial charge in [-0.15, -0.1) is 12.6 Å². The lowest BCUT2D eigenvalue weighted by atomic mass is 10.1. The van der Waals surface area contributed by atoms with Crippen molar-refractivity contribution in [3.63, 3.8) is 0 Å². The number of thiol groups is 1. The highest BCUT2D eigenvalue weighted by Gasteiger charge is 2.34. The maximum Gasteiger partial charge on any atom is 0.424 e. The molecule has 5 nitrogen and oxygen atoms in total. The average Bonchev–Trinajstić information content (AvgIpc) is 2.42. The normalized spacial score (nSPS) is 11.9. The zero-order valence-corrected chi connectivity index (χ0v) is 18.6. The van der Waals surface area contributed by atoms with E-state index in [0.29, 0.717) is 26.9 Å². The summed E-state index contributed by atoms with van der Waals surface area (Å²) in [5.41, 5.74) is -0.608. The van der Waals surface area contributed by atoms with E-state index < -0.39 is 23.4 Å². The first-order valence-corrected chi connectivity index (χ1v) is 10.2. The van der Waals surface area contributed by atoms with Crippen molar-refractivity contribution in [3.05, 3.63) is 22.7 Å². The van der Waals surface area contributed by atoms with Gasteiger partial charge in [0, 0.05) is 16.2 Å². The molecule has 0 saturated heterocycles. The number of hydrogen-bond donors (Lipinski definition) is 1. The van der Waals surface area contributed by atoms with Gasteiger partial charge in [-0.3, -0.25) is 0 Å². The molecule has 0 spiro atoms. The van der Waals surface area contributed by atoms with Crippen LogP contribution >= 0.6 is 36.0 Å². The second-order valence-electron chi connectivity index (χ2n) is 7.63. The minimum atomic E-state index is -0.822. The van der Waals surface area contributed by atoms with Crippen molar-refractivity contribution >= 4 is 53.9 Å². The van der Waals surface area contributed by atoms with Crippen LogP contribution in [0.5, 0.6) is 0 Å². The van der Waals surface area contributed by atoms with E-state index in [0.717, 1.165) is 4.90 Å². The molecule has 1 rings (SSSR count). The van der Waals surface area contributed by atoms with Gasteiger partial charge in [0.25, 0.3) is 0 Å². The second kappa shape index (κ2) is 8.76. The van der Waals surface area contributed by atoms with Crippen LogP contribution in [-0.4, -0.2) is 29.6 Å². The number of thioether (sulfide) groups is 1. The van der Waals surface area contributed by atoms with E-state index >= 15 is 0 Å². The molecule has 0 unspecified atom stereocenters. The number of benzene rings is 1. The maximum absolute atomic E-state index is 12.8. The van der Waals surface area contributed by atoms with Gasteiger partial charge in [-0.2, -0.15) is 16.7 Å². The largest absolute Gasteiger partial charge is 0.443 e. The predicted molar refractivity (Wildman–Crippen MR) is 111 cm³/mol. The van der Waals surface area contributed by atoms with Crippen molar-refractivity contribution < 1.29 is 19.1 Å². The van der Waals surface area contributed by atoms with Gasteiger partial charge in [-0.05, 0) is 59.9 Å². The summed E-state index contributed by atoms with van der Waals surface area (Å²) in [6.45, 7) is 10.4. The quantitative estimate of drug-likeness (QED) is 0.593. The molecule has 0 bridgehead atoms. The lowest BCUT2D eigenvalue weighted by Gasteiger charge is -2.30. The molecule has 0 atom stereocenters. The zero-order valence-electron chi connectivity index (χ0n) is 16.2.